The normalized spacial score (nSPS) is 15.9. The third-order valence-electron chi connectivity index (χ3n) is 2.32. The maximum absolute atomic E-state index is 11.2. The molecule has 0 bridgehead atoms. The highest BCUT2D eigenvalue weighted by Crippen LogP contribution is 2.03. The van der Waals surface area contributed by atoms with Crippen molar-refractivity contribution in [3.05, 3.63) is 18.0 Å². The summed E-state index contributed by atoms with van der Waals surface area (Å²) in [7, 11) is 1.83. The monoisotopic (exact) mass is 208 g/mol. The fourth-order valence-electron chi connectivity index (χ4n) is 1.52. The summed E-state index contributed by atoms with van der Waals surface area (Å²) in [5, 5.41) is 6.49. The van der Waals surface area contributed by atoms with Gasteiger partial charge in [0.15, 0.2) is 0 Å². The fourth-order valence-corrected chi connectivity index (χ4v) is 1.52. The second-order valence-corrected chi connectivity index (χ2v) is 3.48. The topological polar surface area (TPSA) is 67.2 Å². The van der Waals surface area contributed by atoms with Crippen molar-refractivity contribution in [2.45, 2.75) is 6.42 Å². The highest BCUT2D eigenvalue weighted by molar-refractivity contribution is 6.01. The van der Waals surface area contributed by atoms with E-state index in [1.54, 1.807) is 10.9 Å². The van der Waals surface area contributed by atoms with Crippen LogP contribution in [0.25, 0.3) is 0 Å². The smallest absolute Gasteiger partial charge is 0.324 e. The van der Waals surface area contributed by atoms with Crippen molar-refractivity contribution in [3.8, 4) is 0 Å². The van der Waals surface area contributed by atoms with Gasteiger partial charge in [0.1, 0.15) is 0 Å². The number of aryl methyl sites for hydroxylation is 1. The number of urea groups is 1. The summed E-state index contributed by atoms with van der Waals surface area (Å²) in [5.74, 6) is -0.163. The maximum atomic E-state index is 11.2. The highest BCUT2D eigenvalue weighted by atomic mass is 16.2. The molecule has 0 spiro atoms. The lowest BCUT2D eigenvalue weighted by Gasteiger charge is -2.10. The SMILES string of the molecule is Cn1cc(CCN2C(=O)CNC2=O)cn1. The zero-order chi connectivity index (χ0) is 10.8. The molecule has 0 aromatic carbocycles. The van der Waals surface area contributed by atoms with Gasteiger partial charge >= 0.3 is 6.03 Å². The van der Waals surface area contributed by atoms with Crippen molar-refractivity contribution >= 4 is 11.9 Å². The Morgan fingerprint density at radius 1 is 1.53 bits per heavy atom. The van der Waals surface area contributed by atoms with Crippen molar-refractivity contribution in [2.75, 3.05) is 13.1 Å². The molecule has 0 saturated carbocycles. The van der Waals surface area contributed by atoms with Gasteiger partial charge in [-0.05, 0) is 12.0 Å². The Morgan fingerprint density at radius 2 is 2.33 bits per heavy atom. The van der Waals surface area contributed by atoms with E-state index in [0.29, 0.717) is 13.0 Å². The first kappa shape index (κ1) is 9.70. The van der Waals surface area contributed by atoms with E-state index in [0.717, 1.165) is 5.56 Å². The van der Waals surface area contributed by atoms with Crippen LogP contribution in [0.5, 0.6) is 0 Å². The van der Waals surface area contributed by atoms with Crippen LogP contribution in [0.1, 0.15) is 5.56 Å². The van der Waals surface area contributed by atoms with Gasteiger partial charge in [0.25, 0.3) is 0 Å². The second kappa shape index (κ2) is 3.72. The van der Waals surface area contributed by atoms with E-state index in [1.165, 1.54) is 4.90 Å². The molecule has 80 valence electrons. The summed E-state index contributed by atoms with van der Waals surface area (Å²) in [6.45, 7) is 0.530. The highest BCUT2D eigenvalue weighted by Gasteiger charge is 2.27. The van der Waals surface area contributed by atoms with Crippen molar-refractivity contribution in [1.82, 2.24) is 20.0 Å². The van der Waals surface area contributed by atoms with Crippen LogP contribution in [0, 0.1) is 0 Å². The summed E-state index contributed by atoms with van der Waals surface area (Å²) in [5.41, 5.74) is 1.02. The minimum Gasteiger partial charge on any atom is -0.329 e. The average Bonchev–Trinajstić information content (AvgIpc) is 2.73. The minimum absolute atomic E-state index is 0.117. The standard InChI is InChI=1S/C9H12N4O2/c1-12-6-7(4-11-12)2-3-13-8(14)5-10-9(13)15/h4,6H,2-3,5H2,1H3,(H,10,15). The molecule has 1 aliphatic rings. The summed E-state index contributed by atoms with van der Waals surface area (Å²) in [6, 6.07) is -0.302. The molecule has 1 aliphatic heterocycles. The molecule has 1 saturated heterocycles. The number of nitrogens with one attached hydrogen (secondary N) is 1. The van der Waals surface area contributed by atoms with E-state index in [9.17, 15) is 9.59 Å². The second-order valence-electron chi connectivity index (χ2n) is 3.48. The third-order valence-corrected chi connectivity index (χ3v) is 2.32. The Labute approximate surface area is 86.9 Å². The lowest BCUT2D eigenvalue weighted by Crippen LogP contribution is -2.32. The molecule has 3 amide bonds. The molecule has 0 aliphatic carbocycles. The number of hydrogen-bond acceptors (Lipinski definition) is 3. The Bertz CT molecular complexity index is 383. The minimum atomic E-state index is -0.302. The van der Waals surface area contributed by atoms with Crippen LogP contribution in [-0.2, 0) is 18.3 Å². The number of carbonyl (C=O) groups is 2. The maximum Gasteiger partial charge on any atom is 0.324 e. The summed E-state index contributed by atoms with van der Waals surface area (Å²) < 4.78 is 1.70. The zero-order valence-corrected chi connectivity index (χ0v) is 8.43. The third kappa shape index (κ3) is 1.98. The van der Waals surface area contributed by atoms with Crippen LogP contribution in [0.3, 0.4) is 0 Å². The Balaban J connectivity index is 1.93. The van der Waals surface area contributed by atoms with Crippen molar-refractivity contribution in [2.24, 2.45) is 7.05 Å². The Hall–Kier alpha value is -1.85. The van der Waals surface area contributed by atoms with Gasteiger partial charge in [-0.1, -0.05) is 0 Å². The van der Waals surface area contributed by atoms with Gasteiger partial charge in [-0.3, -0.25) is 14.4 Å². The molecule has 0 atom stereocenters. The molecule has 15 heavy (non-hydrogen) atoms. The van der Waals surface area contributed by atoms with E-state index in [-0.39, 0.29) is 18.5 Å². The Morgan fingerprint density at radius 3 is 2.87 bits per heavy atom. The molecule has 2 rings (SSSR count). The van der Waals surface area contributed by atoms with Crippen LogP contribution in [0.2, 0.25) is 0 Å². The molecule has 6 heteroatoms. The predicted octanol–water partition coefficient (Wildman–Crippen LogP) is -0.486. The summed E-state index contributed by atoms with van der Waals surface area (Å²) >= 11 is 0. The van der Waals surface area contributed by atoms with Gasteiger partial charge in [-0.15, -0.1) is 0 Å². The van der Waals surface area contributed by atoms with Gasteiger partial charge in [0, 0.05) is 19.8 Å². The zero-order valence-electron chi connectivity index (χ0n) is 8.43. The number of rotatable bonds is 3. The largest absolute Gasteiger partial charge is 0.329 e. The molecule has 1 fully saturated rings. The molecule has 0 radical (unpaired) electrons. The molecular weight excluding hydrogens is 196 g/mol. The van der Waals surface area contributed by atoms with Crippen LogP contribution in [-0.4, -0.2) is 39.7 Å². The number of nitrogens with zero attached hydrogens (tertiary/aromatic N) is 3. The van der Waals surface area contributed by atoms with Crippen LogP contribution in [0.4, 0.5) is 4.79 Å². The van der Waals surface area contributed by atoms with Gasteiger partial charge < -0.3 is 5.32 Å². The average molecular weight is 208 g/mol. The molecule has 1 N–H and O–H groups in total. The summed E-state index contributed by atoms with van der Waals surface area (Å²) in [6.07, 6.45) is 4.25. The predicted molar refractivity (Wildman–Crippen MR) is 52.0 cm³/mol. The first-order valence-corrected chi connectivity index (χ1v) is 4.72. The van der Waals surface area contributed by atoms with Crippen molar-refractivity contribution in [3.63, 3.8) is 0 Å². The Kier molecular flexibility index (Phi) is 2.40. The first-order chi connectivity index (χ1) is 7.16. The van der Waals surface area contributed by atoms with Crippen molar-refractivity contribution < 1.29 is 9.59 Å². The quantitative estimate of drug-likeness (QED) is 0.682. The first-order valence-electron chi connectivity index (χ1n) is 4.72. The number of hydrogen-bond donors (Lipinski definition) is 1. The van der Waals surface area contributed by atoms with E-state index in [1.807, 2.05) is 13.2 Å². The fraction of sp³-hybridized carbons (Fsp3) is 0.444. The molecule has 1 aromatic rings. The number of amides is 3. The lowest BCUT2D eigenvalue weighted by molar-refractivity contribution is -0.124. The van der Waals surface area contributed by atoms with Gasteiger partial charge in [-0.2, -0.15) is 5.10 Å². The molecule has 6 nitrogen and oxygen atoms in total. The number of carbonyl (C=O) groups excluding carboxylic acids is 2. The summed E-state index contributed by atoms with van der Waals surface area (Å²) in [4.78, 5) is 23.6. The van der Waals surface area contributed by atoms with E-state index in [2.05, 4.69) is 10.4 Å². The van der Waals surface area contributed by atoms with E-state index < -0.39 is 0 Å². The lowest BCUT2D eigenvalue weighted by atomic mass is 10.2. The van der Waals surface area contributed by atoms with Crippen LogP contribution in [0.15, 0.2) is 12.4 Å². The van der Waals surface area contributed by atoms with E-state index >= 15 is 0 Å². The van der Waals surface area contributed by atoms with E-state index in [4.69, 9.17) is 0 Å². The van der Waals surface area contributed by atoms with Gasteiger partial charge in [0.05, 0.1) is 12.7 Å². The van der Waals surface area contributed by atoms with Gasteiger partial charge in [0.2, 0.25) is 5.91 Å². The van der Waals surface area contributed by atoms with Gasteiger partial charge in [-0.25, -0.2) is 4.79 Å². The molecular formula is C9H12N4O2. The molecule has 0 unspecified atom stereocenters. The molecule has 2 heterocycles. The van der Waals surface area contributed by atoms with Crippen molar-refractivity contribution in [1.29, 1.82) is 0 Å². The van der Waals surface area contributed by atoms with Crippen LogP contribution < -0.4 is 5.32 Å². The molecule has 1 aromatic heterocycles. The number of imide groups is 1. The number of aromatic nitrogens is 2. The van der Waals surface area contributed by atoms with Crippen LogP contribution >= 0.6 is 0 Å².